The van der Waals surface area contributed by atoms with Crippen LogP contribution in [0.2, 0.25) is 5.02 Å². The van der Waals surface area contributed by atoms with Crippen LogP contribution in [0.15, 0.2) is 30.6 Å². The number of carbonyl (C=O) groups is 1. The van der Waals surface area contributed by atoms with Gasteiger partial charge in [0.2, 0.25) is 0 Å². The molecule has 2 rings (SSSR count). The second-order valence-electron chi connectivity index (χ2n) is 4.63. The van der Waals surface area contributed by atoms with Gasteiger partial charge in [0.25, 0.3) is 5.91 Å². The molecule has 0 spiro atoms. The number of nitrogens with one attached hydrogen (secondary N) is 1. The first-order valence-electron chi connectivity index (χ1n) is 6.48. The van der Waals surface area contributed by atoms with Gasteiger partial charge < -0.3 is 10.1 Å². The summed E-state index contributed by atoms with van der Waals surface area (Å²) < 4.78 is 5.41. The maximum Gasteiger partial charge on any atom is 0.258 e. The van der Waals surface area contributed by atoms with E-state index in [4.69, 9.17) is 16.3 Å². The summed E-state index contributed by atoms with van der Waals surface area (Å²) in [5.41, 5.74) is 2.53. The van der Waals surface area contributed by atoms with Crippen molar-refractivity contribution in [3.8, 4) is 5.75 Å². The summed E-state index contributed by atoms with van der Waals surface area (Å²) in [4.78, 5) is 19.8. The number of amides is 1. The van der Waals surface area contributed by atoms with Gasteiger partial charge in [-0.05, 0) is 43.7 Å². The number of hydrogen-bond acceptors (Lipinski definition) is 4. The number of halogens is 1. The molecular formula is C15H16ClN3O2. The smallest absolute Gasteiger partial charge is 0.258 e. The standard InChI is InChI=1S/C15H16ClN3O2/c1-10-5-13(3-4-14(10)16)21-8-15(20)17-7-12-6-11(2)18-9-19-12/h3-6,9H,7-8H2,1-2H3,(H,17,20). The molecule has 0 radical (unpaired) electrons. The predicted octanol–water partition coefficient (Wildman–Crippen LogP) is 2.44. The van der Waals surface area contributed by atoms with Crippen molar-refractivity contribution in [2.45, 2.75) is 20.4 Å². The lowest BCUT2D eigenvalue weighted by atomic mass is 10.2. The molecule has 1 heterocycles. The first kappa shape index (κ1) is 15.3. The average molecular weight is 306 g/mol. The highest BCUT2D eigenvalue weighted by Gasteiger charge is 2.05. The van der Waals surface area contributed by atoms with Crippen LogP contribution in [0.3, 0.4) is 0 Å². The van der Waals surface area contributed by atoms with E-state index in [-0.39, 0.29) is 12.5 Å². The molecule has 6 heteroatoms. The third kappa shape index (κ3) is 4.72. The van der Waals surface area contributed by atoms with Crippen molar-refractivity contribution in [1.82, 2.24) is 15.3 Å². The zero-order valence-corrected chi connectivity index (χ0v) is 12.6. The monoisotopic (exact) mass is 305 g/mol. The van der Waals surface area contributed by atoms with E-state index in [1.165, 1.54) is 6.33 Å². The molecule has 110 valence electrons. The van der Waals surface area contributed by atoms with E-state index in [2.05, 4.69) is 15.3 Å². The van der Waals surface area contributed by atoms with Crippen molar-refractivity contribution in [1.29, 1.82) is 0 Å². The summed E-state index contributed by atoms with van der Waals surface area (Å²) >= 11 is 5.93. The van der Waals surface area contributed by atoms with Gasteiger partial charge in [-0.1, -0.05) is 11.6 Å². The number of hydrogen-bond donors (Lipinski definition) is 1. The molecule has 0 unspecified atom stereocenters. The van der Waals surface area contributed by atoms with Crippen molar-refractivity contribution in [2.75, 3.05) is 6.61 Å². The fourth-order valence-corrected chi connectivity index (χ4v) is 1.82. The molecule has 1 N–H and O–H groups in total. The Morgan fingerprint density at radius 2 is 2.10 bits per heavy atom. The van der Waals surface area contributed by atoms with E-state index in [1.807, 2.05) is 19.9 Å². The van der Waals surface area contributed by atoms with E-state index >= 15 is 0 Å². The van der Waals surface area contributed by atoms with Crippen LogP contribution in [-0.2, 0) is 11.3 Å². The summed E-state index contributed by atoms with van der Waals surface area (Å²) in [5.74, 6) is 0.406. The largest absolute Gasteiger partial charge is 0.484 e. The second kappa shape index (κ2) is 7.04. The first-order chi connectivity index (χ1) is 10.0. The summed E-state index contributed by atoms with van der Waals surface area (Å²) in [5, 5.41) is 3.41. The number of rotatable bonds is 5. The fraction of sp³-hybridized carbons (Fsp3) is 0.267. The van der Waals surface area contributed by atoms with E-state index in [0.29, 0.717) is 17.3 Å². The number of nitrogens with zero attached hydrogens (tertiary/aromatic N) is 2. The number of benzene rings is 1. The number of ether oxygens (including phenoxy) is 1. The van der Waals surface area contributed by atoms with Crippen LogP contribution in [0, 0.1) is 13.8 Å². The molecule has 1 amide bonds. The first-order valence-corrected chi connectivity index (χ1v) is 6.85. The van der Waals surface area contributed by atoms with Crippen molar-refractivity contribution in [2.24, 2.45) is 0 Å². The van der Waals surface area contributed by atoms with Gasteiger partial charge in [0.1, 0.15) is 12.1 Å². The lowest BCUT2D eigenvalue weighted by molar-refractivity contribution is -0.123. The Labute approximate surface area is 128 Å². The third-order valence-corrected chi connectivity index (χ3v) is 3.25. The van der Waals surface area contributed by atoms with E-state index < -0.39 is 0 Å². The summed E-state index contributed by atoms with van der Waals surface area (Å²) in [6.45, 7) is 4.06. The Kier molecular flexibility index (Phi) is 5.11. The van der Waals surface area contributed by atoms with Gasteiger partial charge in [-0.2, -0.15) is 0 Å². The van der Waals surface area contributed by atoms with Crippen LogP contribution >= 0.6 is 11.6 Å². The highest BCUT2D eigenvalue weighted by molar-refractivity contribution is 6.31. The van der Waals surface area contributed by atoms with Crippen LogP contribution in [0.25, 0.3) is 0 Å². The van der Waals surface area contributed by atoms with Crippen LogP contribution in [0.5, 0.6) is 5.75 Å². The molecule has 1 aromatic carbocycles. The molecule has 0 aliphatic heterocycles. The lowest BCUT2D eigenvalue weighted by Crippen LogP contribution is -2.28. The van der Waals surface area contributed by atoms with Gasteiger partial charge in [-0.3, -0.25) is 4.79 Å². The number of carbonyl (C=O) groups excluding carboxylic acids is 1. The van der Waals surface area contributed by atoms with Gasteiger partial charge in [0.05, 0.1) is 12.2 Å². The molecule has 1 aromatic heterocycles. The minimum atomic E-state index is -0.209. The fourth-order valence-electron chi connectivity index (χ4n) is 1.70. The van der Waals surface area contributed by atoms with Gasteiger partial charge in [-0.25, -0.2) is 9.97 Å². The Morgan fingerprint density at radius 3 is 2.81 bits per heavy atom. The number of aromatic nitrogens is 2. The topological polar surface area (TPSA) is 64.1 Å². The van der Waals surface area contributed by atoms with E-state index in [1.54, 1.807) is 18.2 Å². The van der Waals surface area contributed by atoms with Crippen molar-refractivity contribution in [3.05, 3.63) is 52.6 Å². The summed E-state index contributed by atoms with van der Waals surface area (Å²) in [6.07, 6.45) is 1.48. The zero-order chi connectivity index (χ0) is 15.2. The molecule has 0 aliphatic carbocycles. The van der Waals surface area contributed by atoms with E-state index in [9.17, 15) is 4.79 Å². The van der Waals surface area contributed by atoms with Crippen molar-refractivity contribution < 1.29 is 9.53 Å². The molecule has 0 saturated carbocycles. The van der Waals surface area contributed by atoms with Crippen LogP contribution in [-0.4, -0.2) is 22.5 Å². The van der Waals surface area contributed by atoms with Crippen LogP contribution in [0.1, 0.15) is 17.0 Å². The molecule has 0 atom stereocenters. The van der Waals surface area contributed by atoms with Gasteiger partial charge >= 0.3 is 0 Å². The maximum atomic E-state index is 11.7. The highest BCUT2D eigenvalue weighted by atomic mass is 35.5. The molecule has 21 heavy (non-hydrogen) atoms. The van der Waals surface area contributed by atoms with Gasteiger partial charge in [0.15, 0.2) is 6.61 Å². The highest BCUT2D eigenvalue weighted by Crippen LogP contribution is 2.20. The zero-order valence-electron chi connectivity index (χ0n) is 11.9. The molecular weight excluding hydrogens is 290 g/mol. The normalized spacial score (nSPS) is 10.2. The Morgan fingerprint density at radius 1 is 1.29 bits per heavy atom. The van der Waals surface area contributed by atoms with Gasteiger partial charge in [-0.15, -0.1) is 0 Å². The van der Waals surface area contributed by atoms with Gasteiger partial charge in [0, 0.05) is 10.7 Å². The molecule has 0 aliphatic rings. The van der Waals surface area contributed by atoms with Crippen molar-refractivity contribution in [3.63, 3.8) is 0 Å². The summed E-state index contributed by atoms with van der Waals surface area (Å²) in [6, 6.07) is 7.09. The second-order valence-corrected chi connectivity index (χ2v) is 5.03. The average Bonchev–Trinajstić information content (AvgIpc) is 2.46. The van der Waals surface area contributed by atoms with Crippen molar-refractivity contribution >= 4 is 17.5 Å². The molecule has 5 nitrogen and oxygen atoms in total. The Balaban J connectivity index is 1.80. The van der Waals surface area contributed by atoms with E-state index in [0.717, 1.165) is 17.0 Å². The minimum absolute atomic E-state index is 0.0505. The Hall–Kier alpha value is -2.14. The predicted molar refractivity (Wildman–Crippen MR) is 80.3 cm³/mol. The maximum absolute atomic E-state index is 11.7. The minimum Gasteiger partial charge on any atom is -0.484 e. The third-order valence-electron chi connectivity index (χ3n) is 2.83. The molecule has 0 bridgehead atoms. The van der Waals surface area contributed by atoms with Crippen LogP contribution in [0.4, 0.5) is 0 Å². The molecule has 2 aromatic rings. The Bertz CT molecular complexity index is 647. The quantitative estimate of drug-likeness (QED) is 0.921. The summed E-state index contributed by atoms with van der Waals surface area (Å²) in [7, 11) is 0. The van der Waals surface area contributed by atoms with Crippen LogP contribution < -0.4 is 10.1 Å². The molecule has 0 saturated heterocycles. The lowest BCUT2D eigenvalue weighted by Gasteiger charge is -2.08. The SMILES string of the molecule is Cc1cc(CNC(=O)COc2ccc(Cl)c(C)c2)ncn1. The number of aryl methyl sites for hydroxylation is 2. The molecule has 0 fully saturated rings.